The van der Waals surface area contributed by atoms with E-state index in [0.717, 1.165) is 28.7 Å². The molecular weight excluding hydrogens is 320 g/mol. The minimum absolute atomic E-state index is 0.336. The zero-order chi connectivity index (χ0) is 13.4. The molecule has 19 heavy (non-hydrogen) atoms. The maximum atomic E-state index is 9.32. The molecule has 1 aromatic carbocycles. The van der Waals surface area contributed by atoms with Gasteiger partial charge in [-0.2, -0.15) is 5.26 Å². The summed E-state index contributed by atoms with van der Waals surface area (Å²) in [6, 6.07) is 10.8. The number of nitrogens with zero attached hydrogens (tertiary/aromatic N) is 2. The number of thiophene rings is 1. The summed E-state index contributed by atoms with van der Waals surface area (Å²) in [6.07, 6.45) is 1.07. The van der Waals surface area contributed by atoms with E-state index in [2.05, 4.69) is 45.3 Å². The Morgan fingerprint density at radius 1 is 1.42 bits per heavy atom. The largest absolute Gasteiger partial charge is 0.363 e. The molecule has 1 atom stereocenters. The molecule has 0 saturated carbocycles. The van der Waals surface area contributed by atoms with Crippen LogP contribution in [0.15, 0.2) is 34.1 Å². The van der Waals surface area contributed by atoms with E-state index in [9.17, 15) is 5.26 Å². The average Bonchev–Trinajstić information content (AvgIpc) is 2.89. The first-order valence-electron chi connectivity index (χ1n) is 6.23. The Kier molecular flexibility index (Phi) is 3.34. The minimum atomic E-state index is 0.336. The van der Waals surface area contributed by atoms with Crippen molar-refractivity contribution < 1.29 is 0 Å². The monoisotopic (exact) mass is 332 g/mol. The van der Waals surface area contributed by atoms with Crippen molar-refractivity contribution in [1.82, 2.24) is 0 Å². The number of nitriles is 1. The zero-order valence-corrected chi connectivity index (χ0v) is 13.0. The molecule has 0 saturated heterocycles. The van der Waals surface area contributed by atoms with Crippen molar-refractivity contribution in [2.24, 2.45) is 0 Å². The van der Waals surface area contributed by atoms with Crippen LogP contribution in [-0.4, -0.2) is 6.54 Å². The van der Waals surface area contributed by atoms with E-state index in [4.69, 9.17) is 0 Å². The smallest absolute Gasteiger partial charge is 0.101 e. The second-order valence-corrected chi connectivity index (χ2v) is 6.61. The molecule has 0 N–H and O–H groups in total. The molecule has 0 amide bonds. The number of halogens is 1. The molecule has 0 fully saturated rings. The first-order valence-corrected chi connectivity index (χ1v) is 7.90. The maximum absolute atomic E-state index is 9.32. The van der Waals surface area contributed by atoms with Crippen LogP contribution in [0.5, 0.6) is 0 Å². The Bertz CT molecular complexity index is 656. The number of fused-ring (bicyclic) bond motifs is 1. The summed E-state index contributed by atoms with van der Waals surface area (Å²) in [7, 11) is 0. The third-order valence-corrected chi connectivity index (χ3v) is 5.16. The Morgan fingerprint density at radius 3 is 3.05 bits per heavy atom. The van der Waals surface area contributed by atoms with Gasteiger partial charge in [-0.15, -0.1) is 11.3 Å². The highest BCUT2D eigenvalue weighted by Crippen LogP contribution is 2.37. The molecular formula is C15H13BrN2S. The van der Waals surface area contributed by atoms with Crippen LogP contribution >= 0.6 is 27.3 Å². The van der Waals surface area contributed by atoms with Gasteiger partial charge in [0.2, 0.25) is 0 Å². The van der Waals surface area contributed by atoms with E-state index >= 15 is 0 Å². The van der Waals surface area contributed by atoms with Crippen molar-refractivity contribution in [3.05, 3.63) is 50.1 Å². The molecule has 4 heteroatoms. The van der Waals surface area contributed by atoms with Crippen molar-refractivity contribution in [2.45, 2.75) is 19.4 Å². The van der Waals surface area contributed by atoms with Crippen molar-refractivity contribution in [1.29, 1.82) is 5.26 Å². The van der Waals surface area contributed by atoms with Crippen molar-refractivity contribution >= 4 is 33.0 Å². The van der Waals surface area contributed by atoms with Gasteiger partial charge in [-0.25, -0.2) is 0 Å². The number of rotatable bonds is 1. The SMILES string of the molecule is CC1c2ccsc2CCN1c1ccc(Br)cc1C#N. The van der Waals surface area contributed by atoms with Crippen LogP contribution in [0.2, 0.25) is 0 Å². The van der Waals surface area contributed by atoms with Gasteiger partial charge in [0, 0.05) is 15.9 Å². The molecule has 1 unspecified atom stereocenters. The second-order valence-electron chi connectivity index (χ2n) is 4.69. The molecule has 0 radical (unpaired) electrons. The standard InChI is InChI=1S/C15H13BrN2S/c1-10-13-5-7-19-15(13)4-6-18(10)14-3-2-12(16)8-11(14)9-17/h2-3,5,7-8,10H,4,6H2,1H3. The van der Waals surface area contributed by atoms with E-state index in [0.29, 0.717) is 6.04 Å². The third-order valence-electron chi connectivity index (χ3n) is 3.67. The molecule has 0 aliphatic carbocycles. The summed E-state index contributed by atoms with van der Waals surface area (Å²) in [6.45, 7) is 3.19. The van der Waals surface area contributed by atoms with Gasteiger partial charge in [0.1, 0.15) is 6.07 Å². The van der Waals surface area contributed by atoms with E-state index in [1.165, 1.54) is 10.4 Å². The summed E-state index contributed by atoms with van der Waals surface area (Å²) in [5.74, 6) is 0. The first-order chi connectivity index (χ1) is 9.20. The van der Waals surface area contributed by atoms with E-state index < -0.39 is 0 Å². The van der Waals surface area contributed by atoms with Gasteiger partial charge in [0.15, 0.2) is 0 Å². The van der Waals surface area contributed by atoms with Gasteiger partial charge in [-0.3, -0.25) is 0 Å². The van der Waals surface area contributed by atoms with Gasteiger partial charge in [0.25, 0.3) is 0 Å². The number of benzene rings is 1. The fraction of sp³-hybridized carbons (Fsp3) is 0.267. The van der Waals surface area contributed by atoms with E-state index in [-0.39, 0.29) is 0 Å². The van der Waals surface area contributed by atoms with Crippen molar-refractivity contribution in [3.8, 4) is 6.07 Å². The molecule has 96 valence electrons. The van der Waals surface area contributed by atoms with Crippen molar-refractivity contribution in [2.75, 3.05) is 11.4 Å². The normalized spacial score (nSPS) is 17.9. The Hall–Kier alpha value is -1.31. The lowest BCUT2D eigenvalue weighted by Gasteiger charge is -2.36. The van der Waals surface area contributed by atoms with E-state index in [1.807, 2.05) is 29.5 Å². The summed E-state index contributed by atoms with van der Waals surface area (Å²) in [5, 5.41) is 11.5. The second kappa shape index (κ2) is 4.99. The fourth-order valence-electron chi connectivity index (χ4n) is 2.69. The maximum Gasteiger partial charge on any atom is 0.101 e. The molecule has 3 rings (SSSR count). The summed E-state index contributed by atoms with van der Waals surface area (Å²) in [4.78, 5) is 3.82. The van der Waals surface area contributed by atoms with Crippen LogP contribution in [0.4, 0.5) is 5.69 Å². The molecule has 2 heterocycles. The summed E-state index contributed by atoms with van der Waals surface area (Å²) < 4.78 is 0.952. The molecule has 0 bridgehead atoms. The van der Waals surface area contributed by atoms with Gasteiger partial charge in [-0.05, 0) is 48.6 Å². The van der Waals surface area contributed by atoms with Gasteiger partial charge in [0.05, 0.1) is 17.3 Å². The van der Waals surface area contributed by atoms with E-state index in [1.54, 1.807) is 0 Å². The molecule has 2 aromatic rings. The third kappa shape index (κ3) is 2.18. The Labute approximate surface area is 125 Å². The highest BCUT2D eigenvalue weighted by Gasteiger charge is 2.26. The molecule has 1 aliphatic rings. The molecule has 1 aliphatic heterocycles. The number of hydrogen-bond donors (Lipinski definition) is 0. The van der Waals surface area contributed by atoms with Crippen LogP contribution in [0, 0.1) is 11.3 Å². The van der Waals surface area contributed by atoms with Crippen LogP contribution in [0.3, 0.4) is 0 Å². The lowest BCUT2D eigenvalue weighted by Crippen LogP contribution is -2.33. The van der Waals surface area contributed by atoms with Crippen molar-refractivity contribution in [3.63, 3.8) is 0 Å². The van der Waals surface area contributed by atoms with Gasteiger partial charge in [-0.1, -0.05) is 15.9 Å². The molecule has 0 spiro atoms. The van der Waals surface area contributed by atoms with Gasteiger partial charge >= 0.3 is 0 Å². The number of hydrogen-bond acceptors (Lipinski definition) is 3. The number of anilines is 1. The Balaban J connectivity index is 2.03. The quantitative estimate of drug-likeness (QED) is 0.768. The highest BCUT2D eigenvalue weighted by molar-refractivity contribution is 9.10. The predicted molar refractivity (Wildman–Crippen MR) is 82.6 cm³/mol. The van der Waals surface area contributed by atoms with Crippen LogP contribution < -0.4 is 4.90 Å². The zero-order valence-electron chi connectivity index (χ0n) is 10.6. The lowest BCUT2D eigenvalue weighted by atomic mass is 9.99. The highest BCUT2D eigenvalue weighted by atomic mass is 79.9. The average molecular weight is 333 g/mol. The summed E-state index contributed by atoms with van der Waals surface area (Å²) in [5.41, 5.74) is 3.18. The molecule has 1 aromatic heterocycles. The van der Waals surface area contributed by atoms with Gasteiger partial charge < -0.3 is 4.90 Å². The lowest BCUT2D eigenvalue weighted by molar-refractivity contribution is 0.632. The minimum Gasteiger partial charge on any atom is -0.363 e. The predicted octanol–water partition coefficient (Wildman–Crippen LogP) is 4.51. The van der Waals surface area contributed by atoms with Crippen LogP contribution in [0.25, 0.3) is 0 Å². The Morgan fingerprint density at radius 2 is 2.26 bits per heavy atom. The van der Waals surface area contributed by atoms with Crippen LogP contribution in [-0.2, 0) is 6.42 Å². The molecule has 2 nitrogen and oxygen atoms in total. The van der Waals surface area contributed by atoms with Crippen LogP contribution in [0.1, 0.15) is 29.0 Å². The summed E-state index contributed by atoms with van der Waals surface area (Å²) >= 11 is 5.27. The topological polar surface area (TPSA) is 27.0 Å². The fourth-order valence-corrected chi connectivity index (χ4v) is 4.01. The first kappa shape index (κ1) is 12.7.